The van der Waals surface area contributed by atoms with Gasteiger partial charge in [-0.3, -0.25) is 15.4 Å². The van der Waals surface area contributed by atoms with Gasteiger partial charge in [-0.15, -0.1) is 0 Å². The zero-order chi connectivity index (χ0) is 16.6. The van der Waals surface area contributed by atoms with Crippen LogP contribution in [0.4, 0.5) is 17.3 Å². The third-order valence-electron chi connectivity index (χ3n) is 3.06. The van der Waals surface area contributed by atoms with Crippen molar-refractivity contribution in [2.24, 2.45) is 5.10 Å². The smallest absolute Gasteiger partial charge is 0.160 e. The zero-order valence-corrected chi connectivity index (χ0v) is 12.6. The first-order valence-electron chi connectivity index (χ1n) is 7.08. The molecule has 0 amide bonds. The number of hydrogen-bond acceptors (Lipinski definition) is 8. The average Bonchev–Trinajstić information content (AvgIpc) is 2.64. The van der Waals surface area contributed by atoms with Crippen molar-refractivity contribution in [2.45, 2.75) is 0 Å². The summed E-state index contributed by atoms with van der Waals surface area (Å²) < 4.78 is 0. The Morgan fingerprint density at radius 1 is 0.917 bits per heavy atom. The second-order valence-corrected chi connectivity index (χ2v) is 4.64. The van der Waals surface area contributed by atoms with Crippen LogP contribution in [0.5, 0.6) is 0 Å². The molecular formula is C16H14N8. The van der Waals surface area contributed by atoms with Crippen LogP contribution < -0.4 is 10.7 Å². The predicted molar refractivity (Wildman–Crippen MR) is 92.9 cm³/mol. The van der Waals surface area contributed by atoms with Crippen molar-refractivity contribution in [3.8, 4) is 0 Å². The Labute approximate surface area is 138 Å². The number of pyridine rings is 2. The van der Waals surface area contributed by atoms with Crippen LogP contribution in [0.15, 0.2) is 60.5 Å². The summed E-state index contributed by atoms with van der Waals surface area (Å²) in [6, 6.07) is 7.28. The standard InChI is InChI=1S/C16H14N8/c17-9-14-15(23-13-3-7-19-8-4-13)20-11-21-16(14)24-22-10-12-1-5-18-6-2-12/h1-11,17H,(H2,19,20,21,23,24)/b17-9?,22-10+. The van der Waals surface area contributed by atoms with Gasteiger partial charge in [-0.1, -0.05) is 0 Å². The molecule has 0 radical (unpaired) electrons. The monoisotopic (exact) mass is 318 g/mol. The minimum atomic E-state index is 0.432. The van der Waals surface area contributed by atoms with E-state index in [9.17, 15) is 0 Å². The van der Waals surface area contributed by atoms with Crippen LogP contribution >= 0.6 is 0 Å². The van der Waals surface area contributed by atoms with E-state index in [0.717, 1.165) is 11.3 Å². The molecule has 0 aromatic carbocycles. The van der Waals surface area contributed by atoms with Crippen molar-refractivity contribution < 1.29 is 0 Å². The lowest BCUT2D eigenvalue weighted by Gasteiger charge is -2.10. The number of aromatic nitrogens is 4. The number of hydrogen-bond donors (Lipinski definition) is 3. The van der Waals surface area contributed by atoms with E-state index >= 15 is 0 Å². The van der Waals surface area contributed by atoms with Gasteiger partial charge >= 0.3 is 0 Å². The molecule has 0 fully saturated rings. The fourth-order valence-corrected chi connectivity index (χ4v) is 1.91. The van der Waals surface area contributed by atoms with Crippen molar-refractivity contribution in [3.05, 3.63) is 66.5 Å². The second-order valence-electron chi connectivity index (χ2n) is 4.64. The summed E-state index contributed by atoms with van der Waals surface area (Å²) in [5.74, 6) is 0.940. The van der Waals surface area contributed by atoms with Gasteiger partial charge in [-0.2, -0.15) is 5.10 Å². The molecule has 0 bridgehead atoms. The minimum Gasteiger partial charge on any atom is -0.339 e. The molecule has 0 aliphatic carbocycles. The molecular weight excluding hydrogens is 304 g/mol. The third-order valence-corrected chi connectivity index (χ3v) is 3.06. The molecule has 0 saturated carbocycles. The lowest BCUT2D eigenvalue weighted by molar-refractivity contribution is 1.13. The van der Waals surface area contributed by atoms with E-state index in [0.29, 0.717) is 17.2 Å². The lowest BCUT2D eigenvalue weighted by atomic mass is 10.3. The molecule has 0 aliphatic heterocycles. The molecule has 3 aromatic heterocycles. The van der Waals surface area contributed by atoms with Crippen molar-refractivity contribution >= 4 is 29.8 Å². The van der Waals surface area contributed by atoms with Crippen LogP contribution in [0.1, 0.15) is 11.1 Å². The Bertz CT molecular complexity index is 833. The van der Waals surface area contributed by atoms with Gasteiger partial charge in [0, 0.05) is 36.7 Å². The van der Waals surface area contributed by atoms with Crippen LogP contribution in [0, 0.1) is 5.41 Å². The molecule has 0 spiro atoms. The van der Waals surface area contributed by atoms with E-state index in [1.165, 1.54) is 12.5 Å². The van der Waals surface area contributed by atoms with E-state index in [1.807, 2.05) is 24.3 Å². The van der Waals surface area contributed by atoms with Gasteiger partial charge in [0.1, 0.15) is 12.1 Å². The Morgan fingerprint density at radius 3 is 2.29 bits per heavy atom. The highest BCUT2D eigenvalue weighted by Crippen LogP contribution is 2.21. The number of anilines is 3. The molecule has 0 saturated heterocycles. The summed E-state index contributed by atoms with van der Waals surface area (Å²) in [6.45, 7) is 0. The maximum absolute atomic E-state index is 7.63. The number of nitrogens with one attached hydrogen (secondary N) is 3. The summed E-state index contributed by atoms with van der Waals surface area (Å²) in [5, 5.41) is 14.9. The maximum atomic E-state index is 7.63. The molecule has 0 atom stereocenters. The number of nitrogens with zero attached hydrogens (tertiary/aromatic N) is 5. The molecule has 118 valence electrons. The van der Waals surface area contributed by atoms with Crippen LogP contribution in [-0.4, -0.2) is 32.4 Å². The molecule has 0 unspecified atom stereocenters. The molecule has 3 heterocycles. The van der Waals surface area contributed by atoms with Crippen LogP contribution in [-0.2, 0) is 0 Å². The van der Waals surface area contributed by atoms with Crippen molar-refractivity contribution in [3.63, 3.8) is 0 Å². The summed E-state index contributed by atoms with van der Waals surface area (Å²) in [7, 11) is 0. The van der Waals surface area contributed by atoms with Crippen LogP contribution in [0.2, 0.25) is 0 Å². The van der Waals surface area contributed by atoms with Crippen molar-refractivity contribution in [1.29, 1.82) is 5.41 Å². The number of rotatable bonds is 6. The van der Waals surface area contributed by atoms with Gasteiger partial charge in [0.05, 0.1) is 11.8 Å². The fraction of sp³-hybridized carbons (Fsp3) is 0. The second kappa shape index (κ2) is 7.54. The van der Waals surface area contributed by atoms with Gasteiger partial charge in [-0.25, -0.2) is 9.97 Å². The first kappa shape index (κ1) is 15.2. The molecule has 3 aromatic rings. The molecule has 8 heteroatoms. The van der Waals surface area contributed by atoms with Gasteiger partial charge in [0.25, 0.3) is 0 Å². The van der Waals surface area contributed by atoms with E-state index in [1.54, 1.807) is 31.0 Å². The first-order valence-corrected chi connectivity index (χ1v) is 7.08. The van der Waals surface area contributed by atoms with Gasteiger partial charge in [0.15, 0.2) is 5.82 Å². The van der Waals surface area contributed by atoms with Crippen LogP contribution in [0.3, 0.4) is 0 Å². The number of hydrazone groups is 1. The maximum Gasteiger partial charge on any atom is 0.160 e. The summed E-state index contributed by atoms with van der Waals surface area (Å²) in [5.41, 5.74) is 5.05. The van der Waals surface area contributed by atoms with Crippen molar-refractivity contribution in [2.75, 3.05) is 10.7 Å². The fourth-order valence-electron chi connectivity index (χ4n) is 1.91. The summed E-state index contributed by atoms with van der Waals surface area (Å²) >= 11 is 0. The molecule has 3 N–H and O–H groups in total. The van der Waals surface area contributed by atoms with Gasteiger partial charge in [-0.05, 0) is 29.8 Å². The summed E-state index contributed by atoms with van der Waals surface area (Å²) in [6.07, 6.45) is 10.9. The highest BCUT2D eigenvalue weighted by atomic mass is 15.3. The van der Waals surface area contributed by atoms with Gasteiger partial charge < -0.3 is 10.7 Å². The topological polar surface area (TPSA) is 112 Å². The normalized spacial score (nSPS) is 10.5. The Kier molecular flexibility index (Phi) is 4.78. The highest BCUT2D eigenvalue weighted by molar-refractivity contribution is 5.92. The summed E-state index contributed by atoms with van der Waals surface area (Å²) in [4.78, 5) is 16.2. The quantitative estimate of drug-likeness (QED) is 0.475. The SMILES string of the molecule is N=Cc1c(N/N=C/c2ccncc2)ncnc1Nc1ccncc1. The largest absolute Gasteiger partial charge is 0.339 e. The molecule has 8 nitrogen and oxygen atoms in total. The minimum absolute atomic E-state index is 0.432. The van der Waals surface area contributed by atoms with E-state index in [4.69, 9.17) is 5.41 Å². The molecule has 0 aliphatic rings. The Balaban J connectivity index is 1.80. The van der Waals surface area contributed by atoms with Crippen LogP contribution in [0.25, 0.3) is 0 Å². The Hall–Kier alpha value is -3.68. The molecule has 24 heavy (non-hydrogen) atoms. The lowest BCUT2D eigenvalue weighted by Crippen LogP contribution is -2.05. The van der Waals surface area contributed by atoms with Crippen molar-refractivity contribution in [1.82, 2.24) is 19.9 Å². The highest BCUT2D eigenvalue weighted by Gasteiger charge is 2.09. The van der Waals surface area contributed by atoms with Gasteiger partial charge in [0.2, 0.25) is 0 Å². The first-order chi connectivity index (χ1) is 11.9. The van der Waals surface area contributed by atoms with E-state index in [-0.39, 0.29) is 0 Å². The predicted octanol–water partition coefficient (Wildman–Crippen LogP) is 2.45. The van der Waals surface area contributed by atoms with E-state index in [2.05, 4.69) is 35.8 Å². The van der Waals surface area contributed by atoms with E-state index < -0.39 is 0 Å². The third kappa shape index (κ3) is 3.74. The zero-order valence-electron chi connectivity index (χ0n) is 12.6. The Morgan fingerprint density at radius 2 is 1.58 bits per heavy atom. The average molecular weight is 318 g/mol. The molecule has 3 rings (SSSR count).